The highest BCUT2D eigenvalue weighted by Crippen LogP contribution is 2.33. The fourth-order valence-electron chi connectivity index (χ4n) is 1.43. The van der Waals surface area contributed by atoms with E-state index in [2.05, 4.69) is 0 Å². The molecule has 1 heterocycles. The molecule has 1 aliphatic heterocycles. The molecule has 76 valence electrons. The molecule has 0 N–H and O–H groups in total. The van der Waals surface area contributed by atoms with Gasteiger partial charge in [0.15, 0.2) is 6.19 Å². The highest BCUT2D eigenvalue weighted by atomic mass is 16.5. The molecule has 0 saturated carbocycles. The number of rotatable bonds is 0. The fourth-order valence-corrected chi connectivity index (χ4v) is 1.43. The first-order chi connectivity index (χ1) is 7.66. The second-order valence-corrected chi connectivity index (χ2v) is 2.94. The number of ether oxygens (including phenoxy) is 1. The molecule has 0 radical (unpaired) electrons. The normalized spacial score (nSPS) is 20.3. The van der Waals surface area contributed by atoms with E-state index < -0.39 is 11.1 Å². The van der Waals surface area contributed by atoms with Gasteiger partial charge in [0.1, 0.15) is 24.3 Å². The molecule has 7 heteroatoms. The number of hydrogen-bond acceptors (Lipinski definition) is 7. The van der Waals surface area contributed by atoms with E-state index in [9.17, 15) is 0 Å². The summed E-state index contributed by atoms with van der Waals surface area (Å²) in [7, 11) is 0. The third kappa shape index (κ3) is 1.06. The van der Waals surface area contributed by atoms with Crippen molar-refractivity contribution in [2.45, 2.75) is 11.1 Å². The molecule has 0 spiro atoms. The van der Waals surface area contributed by atoms with Crippen molar-refractivity contribution in [3.63, 3.8) is 0 Å². The van der Waals surface area contributed by atoms with E-state index in [0.717, 1.165) is 4.90 Å². The first-order valence-corrected chi connectivity index (χ1v) is 4.12. The van der Waals surface area contributed by atoms with Gasteiger partial charge in [-0.1, -0.05) is 0 Å². The zero-order valence-electron chi connectivity index (χ0n) is 8.01. The Morgan fingerprint density at radius 2 is 1.50 bits per heavy atom. The minimum atomic E-state index is -2.26. The lowest BCUT2D eigenvalue weighted by Crippen LogP contribution is -2.65. The van der Waals surface area contributed by atoms with Crippen LogP contribution in [0, 0.1) is 56.8 Å². The van der Waals surface area contributed by atoms with Crippen LogP contribution in [0.3, 0.4) is 0 Å². The second-order valence-electron chi connectivity index (χ2n) is 2.94. The molecule has 0 aromatic carbocycles. The zero-order chi connectivity index (χ0) is 12.2. The SMILES string of the molecule is N#CN1CCOC(C#N)(C#N)C1(C#N)C#N. The maximum absolute atomic E-state index is 8.99. The van der Waals surface area contributed by atoms with Gasteiger partial charge in [0.05, 0.1) is 13.2 Å². The third-order valence-electron chi connectivity index (χ3n) is 2.31. The molecule has 7 nitrogen and oxygen atoms in total. The number of hydrogen-bond donors (Lipinski definition) is 0. The minimum Gasteiger partial charge on any atom is -0.343 e. The lowest BCUT2D eigenvalue weighted by Gasteiger charge is -2.40. The number of nitriles is 5. The fraction of sp³-hybridized carbons (Fsp3) is 0.444. The van der Waals surface area contributed by atoms with Gasteiger partial charge < -0.3 is 4.74 Å². The summed E-state index contributed by atoms with van der Waals surface area (Å²) in [5, 5.41) is 44.6. The molecule has 0 unspecified atom stereocenters. The van der Waals surface area contributed by atoms with E-state index in [1.54, 1.807) is 6.19 Å². The van der Waals surface area contributed by atoms with Crippen molar-refractivity contribution in [1.29, 1.82) is 26.3 Å². The molecule has 0 bridgehead atoms. The molecule has 0 aliphatic carbocycles. The summed E-state index contributed by atoms with van der Waals surface area (Å²) in [5.41, 5.74) is -4.48. The molecular formula is C9H4N6O. The van der Waals surface area contributed by atoms with Crippen molar-refractivity contribution >= 4 is 0 Å². The topological polar surface area (TPSA) is 131 Å². The van der Waals surface area contributed by atoms with Crippen LogP contribution in [0.2, 0.25) is 0 Å². The lowest BCUT2D eigenvalue weighted by molar-refractivity contribution is -0.0725. The highest BCUT2D eigenvalue weighted by molar-refractivity contribution is 5.45. The predicted molar refractivity (Wildman–Crippen MR) is 46.2 cm³/mol. The van der Waals surface area contributed by atoms with Gasteiger partial charge in [0, 0.05) is 0 Å². The molecule has 1 fully saturated rings. The first-order valence-electron chi connectivity index (χ1n) is 4.12. The molecule has 0 atom stereocenters. The van der Waals surface area contributed by atoms with Crippen LogP contribution in [0.4, 0.5) is 0 Å². The molecule has 1 aliphatic rings. The van der Waals surface area contributed by atoms with Gasteiger partial charge in [-0.05, 0) is 0 Å². The van der Waals surface area contributed by atoms with Crippen LogP contribution in [-0.2, 0) is 4.74 Å². The lowest BCUT2D eigenvalue weighted by atomic mass is 9.81. The van der Waals surface area contributed by atoms with Crippen LogP contribution in [0.5, 0.6) is 0 Å². The molecule has 16 heavy (non-hydrogen) atoms. The monoisotopic (exact) mass is 212 g/mol. The van der Waals surface area contributed by atoms with Crippen molar-refractivity contribution in [1.82, 2.24) is 4.90 Å². The Labute approximate surface area is 91.5 Å². The molecule has 0 amide bonds. The smallest absolute Gasteiger partial charge is 0.292 e. The van der Waals surface area contributed by atoms with Gasteiger partial charge in [-0.15, -0.1) is 0 Å². The van der Waals surface area contributed by atoms with Crippen molar-refractivity contribution in [2.24, 2.45) is 0 Å². The first kappa shape index (κ1) is 11.3. The number of nitrogens with zero attached hydrogens (tertiary/aromatic N) is 6. The molecule has 0 aromatic rings. The summed E-state index contributed by atoms with van der Waals surface area (Å²) in [6.07, 6.45) is 1.63. The summed E-state index contributed by atoms with van der Waals surface area (Å²) in [6, 6.07) is 6.07. The minimum absolute atomic E-state index is 0.0112. The summed E-state index contributed by atoms with van der Waals surface area (Å²) < 4.78 is 4.93. The maximum atomic E-state index is 8.99. The van der Waals surface area contributed by atoms with E-state index in [-0.39, 0.29) is 13.2 Å². The third-order valence-corrected chi connectivity index (χ3v) is 2.31. The van der Waals surface area contributed by atoms with Gasteiger partial charge in [-0.25, -0.2) is 0 Å². The molecular weight excluding hydrogens is 208 g/mol. The van der Waals surface area contributed by atoms with Crippen LogP contribution in [0.25, 0.3) is 0 Å². The largest absolute Gasteiger partial charge is 0.343 e. The predicted octanol–water partition coefficient (Wildman–Crippen LogP) is -0.628. The van der Waals surface area contributed by atoms with E-state index in [4.69, 9.17) is 31.0 Å². The van der Waals surface area contributed by atoms with Crippen molar-refractivity contribution < 1.29 is 4.74 Å². The average molecular weight is 212 g/mol. The standard InChI is InChI=1S/C9H4N6O/c10-3-8(4-11)9(5-12,6-13)16-2-1-15(8)7-14/h1-2H2. The van der Waals surface area contributed by atoms with Crippen LogP contribution in [0.1, 0.15) is 0 Å². The highest BCUT2D eigenvalue weighted by Gasteiger charge is 2.62. The second kappa shape index (κ2) is 3.76. The van der Waals surface area contributed by atoms with Crippen LogP contribution in [-0.4, -0.2) is 29.2 Å². The Balaban J connectivity index is 3.50. The summed E-state index contributed by atoms with van der Waals surface area (Å²) >= 11 is 0. The van der Waals surface area contributed by atoms with Gasteiger partial charge >= 0.3 is 0 Å². The number of morpholine rings is 1. The van der Waals surface area contributed by atoms with Gasteiger partial charge in [0.2, 0.25) is 0 Å². The van der Waals surface area contributed by atoms with Crippen LogP contribution >= 0.6 is 0 Å². The average Bonchev–Trinajstić information content (AvgIpc) is 2.37. The Bertz CT molecular complexity index is 477. The molecule has 1 rings (SSSR count). The Kier molecular flexibility index (Phi) is 2.65. The Hall–Kier alpha value is -2.79. The summed E-state index contributed by atoms with van der Waals surface area (Å²) in [6.45, 7) is -0.0808. The van der Waals surface area contributed by atoms with E-state index >= 15 is 0 Å². The Morgan fingerprint density at radius 3 is 1.88 bits per heavy atom. The van der Waals surface area contributed by atoms with E-state index in [1.807, 2.05) is 0 Å². The van der Waals surface area contributed by atoms with Gasteiger partial charge in [0.25, 0.3) is 11.1 Å². The van der Waals surface area contributed by atoms with Gasteiger partial charge in [-0.3, -0.25) is 4.90 Å². The summed E-state index contributed by atoms with van der Waals surface area (Å²) in [5.74, 6) is 0. The molecule has 1 saturated heterocycles. The van der Waals surface area contributed by atoms with Crippen LogP contribution in [0.15, 0.2) is 0 Å². The van der Waals surface area contributed by atoms with Crippen LogP contribution < -0.4 is 0 Å². The van der Waals surface area contributed by atoms with Crippen molar-refractivity contribution in [3.05, 3.63) is 0 Å². The summed E-state index contributed by atoms with van der Waals surface area (Å²) in [4.78, 5) is 0.795. The van der Waals surface area contributed by atoms with Crippen molar-refractivity contribution in [2.75, 3.05) is 13.2 Å². The van der Waals surface area contributed by atoms with E-state index in [1.165, 1.54) is 24.3 Å². The zero-order valence-corrected chi connectivity index (χ0v) is 8.01. The molecule has 0 aromatic heterocycles. The van der Waals surface area contributed by atoms with Crippen molar-refractivity contribution in [3.8, 4) is 30.5 Å². The van der Waals surface area contributed by atoms with E-state index in [0.29, 0.717) is 0 Å². The maximum Gasteiger partial charge on any atom is 0.292 e. The van der Waals surface area contributed by atoms with Gasteiger partial charge in [-0.2, -0.15) is 26.3 Å². The Morgan fingerprint density at radius 1 is 0.938 bits per heavy atom. The quantitative estimate of drug-likeness (QED) is 0.488.